The molecule has 1 aliphatic rings. The van der Waals surface area contributed by atoms with Crippen molar-refractivity contribution in [3.05, 3.63) is 23.8 Å². The largest absolute Gasteiger partial charge is 0.491 e. The molecule has 2 rings (SSSR count). The minimum Gasteiger partial charge on any atom is -0.491 e. The highest BCUT2D eigenvalue weighted by atomic mass is 16.5. The molecule has 140 valence electrons. The number of hydrogen-bond acceptors (Lipinski definition) is 5. The molecule has 3 N–H and O–H groups in total. The molecule has 1 aromatic rings. The van der Waals surface area contributed by atoms with E-state index >= 15 is 0 Å². The SMILES string of the molecule is CCCOc1cc(C)ccc1NC(=O)NC[C@@H](O)CN1CCOCC1. The van der Waals surface area contributed by atoms with Crippen LogP contribution < -0.4 is 15.4 Å². The minimum absolute atomic E-state index is 0.195. The smallest absolute Gasteiger partial charge is 0.319 e. The lowest BCUT2D eigenvalue weighted by molar-refractivity contribution is 0.0154. The molecule has 1 saturated heterocycles. The minimum atomic E-state index is -0.613. The summed E-state index contributed by atoms with van der Waals surface area (Å²) in [5.41, 5.74) is 1.69. The number of urea groups is 1. The molecule has 1 atom stereocenters. The fourth-order valence-corrected chi connectivity index (χ4v) is 2.59. The number of β-amino-alcohol motifs (C(OH)–C–C–N with tert-alkyl or cyclic N) is 1. The van der Waals surface area contributed by atoms with Crippen molar-refractivity contribution >= 4 is 11.7 Å². The lowest BCUT2D eigenvalue weighted by atomic mass is 10.2. The Bertz CT molecular complexity index is 547. The fourth-order valence-electron chi connectivity index (χ4n) is 2.59. The Balaban J connectivity index is 1.79. The number of hydrogen-bond donors (Lipinski definition) is 3. The molecule has 1 heterocycles. The molecular formula is C18H29N3O4. The standard InChI is InChI=1S/C18H29N3O4/c1-3-8-25-17-11-14(2)4-5-16(17)20-18(23)19-12-15(22)13-21-6-9-24-10-7-21/h4-5,11,15,22H,3,6-10,12-13H2,1-2H3,(H2,19,20,23)/t15-/m1/s1. The second-order valence-electron chi connectivity index (χ2n) is 6.25. The molecule has 1 fully saturated rings. The van der Waals surface area contributed by atoms with Crippen LogP contribution in [0.25, 0.3) is 0 Å². The molecule has 0 aromatic heterocycles. The summed E-state index contributed by atoms with van der Waals surface area (Å²) >= 11 is 0. The van der Waals surface area contributed by atoms with E-state index in [2.05, 4.69) is 15.5 Å². The van der Waals surface area contributed by atoms with Crippen molar-refractivity contribution in [2.24, 2.45) is 0 Å². The van der Waals surface area contributed by atoms with Crippen LogP contribution in [0.3, 0.4) is 0 Å². The molecule has 25 heavy (non-hydrogen) atoms. The number of ether oxygens (including phenoxy) is 2. The van der Waals surface area contributed by atoms with Crippen molar-refractivity contribution in [2.75, 3.05) is 51.3 Å². The van der Waals surface area contributed by atoms with Gasteiger partial charge in [-0.1, -0.05) is 13.0 Å². The maximum atomic E-state index is 12.1. The molecule has 1 aliphatic heterocycles. The number of nitrogens with zero attached hydrogens (tertiary/aromatic N) is 1. The summed E-state index contributed by atoms with van der Waals surface area (Å²) in [6.45, 7) is 8.33. The van der Waals surface area contributed by atoms with Gasteiger partial charge in [0, 0.05) is 26.2 Å². The van der Waals surface area contributed by atoms with Crippen LogP contribution in [0.2, 0.25) is 0 Å². The van der Waals surface area contributed by atoms with Crippen LogP contribution in [-0.4, -0.2) is 68.1 Å². The molecule has 1 aromatic carbocycles. The zero-order valence-electron chi connectivity index (χ0n) is 15.1. The predicted octanol–water partition coefficient (Wildman–Crippen LogP) is 1.60. The second-order valence-corrected chi connectivity index (χ2v) is 6.25. The van der Waals surface area contributed by atoms with Crippen molar-refractivity contribution in [1.82, 2.24) is 10.2 Å². The van der Waals surface area contributed by atoms with Gasteiger partial charge in [0.15, 0.2) is 0 Å². The molecule has 7 nitrogen and oxygen atoms in total. The van der Waals surface area contributed by atoms with E-state index in [1.165, 1.54) is 0 Å². The van der Waals surface area contributed by atoms with E-state index in [0.717, 1.165) is 25.1 Å². The van der Waals surface area contributed by atoms with Gasteiger partial charge in [0.1, 0.15) is 5.75 Å². The number of carbonyl (C=O) groups is 1. The topological polar surface area (TPSA) is 83.1 Å². The lowest BCUT2D eigenvalue weighted by Gasteiger charge is -2.28. The number of morpholine rings is 1. The average Bonchev–Trinajstić information content (AvgIpc) is 2.61. The highest BCUT2D eigenvalue weighted by molar-refractivity contribution is 5.91. The molecule has 0 unspecified atom stereocenters. The maximum absolute atomic E-state index is 12.1. The van der Waals surface area contributed by atoms with Crippen LogP contribution >= 0.6 is 0 Å². The summed E-state index contributed by atoms with van der Waals surface area (Å²) in [6.07, 6.45) is 0.283. The first-order chi connectivity index (χ1) is 12.1. The first-order valence-electron chi connectivity index (χ1n) is 8.85. The Morgan fingerprint density at radius 2 is 2.16 bits per heavy atom. The number of aryl methyl sites for hydroxylation is 1. The number of benzene rings is 1. The van der Waals surface area contributed by atoms with Crippen LogP contribution in [0.4, 0.5) is 10.5 Å². The lowest BCUT2D eigenvalue weighted by Crippen LogP contribution is -2.45. The zero-order chi connectivity index (χ0) is 18.1. The van der Waals surface area contributed by atoms with E-state index in [1.54, 1.807) is 0 Å². The fraction of sp³-hybridized carbons (Fsp3) is 0.611. The van der Waals surface area contributed by atoms with Crippen LogP contribution in [0.5, 0.6) is 5.75 Å². The molecule has 0 saturated carbocycles. The van der Waals surface area contributed by atoms with Gasteiger partial charge < -0.3 is 25.2 Å². The highest BCUT2D eigenvalue weighted by Crippen LogP contribution is 2.25. The van der Waals surface area contributed by atoms with Gasteiger partial charge in [-0.3, -0.25) is 4.90 Å². The summed E-state index contributed by atoms with van der Waals surface area (Å²) in [6, 6.07) is 5.29. The predicted molar refractivity (Wildman–Crippen MR) is 97.3 cm³/mol. The van der Waals surface area contributed by atoms with Crippen LogP contribution in [0, 0.1) is 6.92 Å². The molecule has 7 heteroatoms. The van der Waals surface area contributed by atoms with Crippen molar-refractivity contribution in [3.8, 4) is 5.75 Å². The van der Waals surface area contributed by atoms with Crippen LogP contribution in [-0.2, 0) is 4.74 Å². The third-order valence-electron chi connectivity index (χ3n) is 3.92. The van der Waals surface area contributed by atoms with Crippen molar-refractivity contribution in [1.29, 1.82) is 0 Å². The van der Waals surface area contributed by atoms with E-state index in [1.807, 2.05) is 32.0 Å². The molecular weight excluding hydrogens is 322 g/mol. The summed E-state index contributed by atoms with van der Waals surface area (Å²) in [4.78, 5) is 14.2. The van der Waals surface area contributed by atoms with E-state index in [-0.39, 0.29) is 12.6 Å². The number of nitrogens with one attached hydrogen (secondary N) is 2. The Morgan fingerprint density at radius 1 is 1.40 bits per heavy atom. The number of aliphatic hydroxyl groups excluding tert-OH is 1. The van der Waals surface area contributed by atoms with Gasteiger partial charge in [0.05, 0.1) is 31.6 Å². The molecule has 0 radical (unpaired) electrons. The molecule has 0 bridgehead atoms. The number of amides is 2. The van der Waals surface area contributed by atoms with E-state index in [0.29, 0.717) is 37.8 Å². The number of carbonyl (C=O) groups excluding carboxylic acids is 1. The van der Waals surface area contributed by atoms with Gasteiger partial charge in [0.25, 0.3) is 0 Å². The third kappa shape index (κ3) is 6.89. The van der Waals surface area contributed by atoms with Gasteiger partial charge in [-0.05, 0) is 31.0 Å². The highest BCUT2D eigenvalue weighted by Gasteiger charge is 2.16. The van der Waals surface area contributed by atoms with Crippen molar-refractivity contribution < 1.29 is 19.4 Å². The van der Waals surface area contributed by atoms with E-state index in [4.69, 9.17) is 9.47 Å². The molecule has 0 spiro atoms. The van der Waals surface area contributed by atoms with Gasteiger partial charge in [-0.25, -0.2) is 4.79 Å². The summed E-state index contributed by atoms with van der Waals surface area (Å²) in [5.74, 6) is 0.658. The number of anilines is 1. The number of rotatable bonds is 8. The molecule has 0 aliphatic carbocycles. The van der Waals surface area contributed by atoms with Crippen molar-refractivity contribution in [3.63, 3.8) is 0 Å². The molecule has 2 amide bonds. The normalized spacial score (nSPS) is 16.3. The summed E-state index contributed by atoms with van der Waals surface area (Å²) < 4.78 is 11.0. The summed E-state index contributed by atoms with van der Waals surface area (Å²) in [5, 5.41) is 15.6. The first-order valence-corrected chi connectivity index (χ1v) is 8.85. The van der Waals surface area contributed by atoms with Gasteiger partial charge in [-0.2, -0.15) is 0 Å². The maximum Gasteiger partial charge on any atom is 0.319 e. The Hall–Kier alpha value is -1.83. The van der Waals surface area contributed by atoms with Gasteiger partial charge >= 0.3 is 6.03 Å². The van der Waals surface area contributed by atoms with Crippen LogP contribution in [0.15, 0.2) is 18.2 Å². The third-order valence-corrected chi connectivity index (χ3v) is 3.92. The Morgan fingerprint density at radius 3 is 2.88 bits per heavy atom. The van der Waals surface area contributed by atoms with E-state index < -0.39 is 6.10 Å². The van der Waals surface area contributed by atoms with Gasteiger partial charge in [-0.15, -0.1) is 0 Å². The monoisotopic (exact) mass is 351 g/mol. The quantitative estimate of drug-likeness (QED) is 0.663. The zero-order valence-corrected chi connectivity index (χ0v) is 15.1. The second kappa shape index (κ2) is 10.2. The van der Waals surface area contributed by atoms with E-state index in [9.17, 15) is 9.90 Å². The summed E-state index contributed by atoms with van der Waals surface area (Å²) in [7, 11) is 0. The van der Waals surface area contributed by atoms with Gasteiger partial charge in [0.2, 0.25) is 0 Å². The Kier molecular flexibility index (Phi) is 7.97. The average molecular weight is 351 g/mol. The van der Waals surface area contributed by atoms with Crippen molar-refractivity contribution in [2.45, 2.75) is 26.4 Å². The Labute approximate surface area is 149 Å². The number of aliphatic hydroxyl groups is 1. The first kappa shape index (κ1) is 19.5. The van der Waals surface area contributed by atoms with Crippen LogP contribution in [0.1, 0.15) is 18.9 Å².